The summed E-state index contributed by atoms with van der Waals surface area (Å²) >= 11 is 0. The summed E-state index contributed by atoms with van der Waals surface area (Å²) in [6, 6.07) is -0.867. The van der Waals surface area contributed by atoms with Gasteiger partial charge in [0.15, 0.2) is 0 Å². The van der Waals surface area contributed by atoms with Crippen LogP contribution in [0.25, 0.3) is 0 Å². The quantitative estimate of drug-likeness (QED) is 0.0887. The van der Waals surface area contributed by atoms with E-state index < -0.39 is 18.3 Å². The number of unbranched alkanes of at least 4 members (excludes halogenated alkanes) is 4. The Labute approximate surface area is 196 Å². The largest absolute Gasteiger partial charge is 0.505 e. The van der Waals surface area contributed by atoms with Crippen molar-refractivity contribution < 1.29 is 29.0 Å². The Morgan fingerprint density at radius 2 is 1.27 bits per heavy atom. The summed E-state index contributed by atoms with van der Waals surface area (Å²) in [7, 11) is 0. The van der Waals surface area contributed by atoms with Crippen molar-refractivity contribution in [3.05, 3.63) is 0 Å². The van der Waals surface area contributed by atoms with E-state index in [2.05, 4.69) is 20.7 Å². The van der Waals surface area contributed by atoms with Gasteiger partial charge in [0.25, 0.3) is 0 Å². The van der Waals surface area contributed by atoms with Crippen molar-refractivity contribution in [2.75, 3.05) is 45.9 Å². The molecule has 194 valence electrons. The smallest absolute Gasteiger partial charge is 0.450 e. The number of ether oxygens (including phenoxy) is 2. The minimum Gasteiger partial charge on any atom is -0.450 e. The Morgan fingerprint density at radius 3 is 1.85 bits per heavy atom. The highest BCUT2D eigenvalue weighted by Gasteiger charge is 2.18. The Bertz CT molecular complexity index is 525. The molecule has 0 saturated carbocycles. The summed E-state index contributed by atoms with van der Waals surface area (Å²) < 4.78 is 9.87. The molecule has 0 saturated heterocycles. The highest BCUT2D eigenvalue weighted by molar-refractivity contribution is 5.78. The number of alkyl carbamates (subject to hydrolysis) is 1. The molecule has 0 radical (unpaired) electrons. The molecule has 0 spiro atoms. The Morgan fingerprint density at radius 1 is 0.727 bits per heavy atom. The first kappa shape index (κ1) is 30.9. The predicted molar refractivity (Wildman–Crippen MR) is 126 cm³/mol. The molecular formula is C21H44N6O6. The summed E-state index contributed by atoms with van der Waals surface area (Å²) in [5, 5.41) is 17.3. The van der Waals surface area contributed by atoms with Crippen LogP contribution in [-0.2, 0) is 14.3 Å². The minimum absolute atomic E-state index is 0.00600. The van der Waals surface area contributed by atoms with Crippen molar-refractivity contribution in [1.29, 1.82) is 0 Å². The molecular weight excluding hydrogens is 432 g/mol. The molecule has 33 heavy (non-hydrogen) atoms. The molecule has 0 rings (SSSR count). The monoisotopic (exact) mass is 476 g/mol. The van der Waals surface area contributed by atoms with Crippen LogP contribution in [0.4, 0.5) is 9.59 Å². The zero-order valence-electron chi connectivity index (χ0n) is 19.7. The molecule has 12 nitrogen and oxygen atoms in total. The Hall–Kier alpha value is -2.15. The summed E-state index contributed by atoms with van der Waals surface area (Å²) in [5.41, 5.74) is 16.5. The van der Waals surface area contributed by atoms with Gasteiger partial charge in [-0.3, -0.25) is 4.79 Å². The van der Waals surface area contributed by atoms with Gasteiger partial charge < -0.3 is 47.7 Å². The summed E-state index contributed by atoms with van der Waals surface area (Å²) in [6.07, 6.45) is 4.99. The molecule has 0 aliphatic heterocycles. The fraction of sp³-hybridized carbons (Fsp3) is 0.857. The number of nitrogens with two attached hydrogens (primary N) is 3. The molecule has 0 heterocycles. The molecule has 0 aromatic rings. The second-order valence-corrected chi connectivity index (χ2v) is 7.88. The molecule has 0 aromatic carbocycles. The van der Waals surface area contributed by atoms with Crippen LogP contribution in [-0.4, -0.2) is 81.3 Å². The van der Waals surface area contributed by atoms with E-state index in [0.29, 0.717) is 38.9 Å². The third-order valence-corrected chi connectivity index (χ3v) is 4.87. The van der Waals surface area contributed by atoms with Gasteiger partial charge in [0.1, 0.15) is 13.2 Å². The maximum Gasteiger partial charge on any atom is 0.505 e. The fourth-order valence-corrected chi connectivity index (χ4v) is 3.07. The first-order valence-electron chi connectivity index (χ1n) is 11.8. The molecule has 12 heteroatoms. The molecule has 10 N–H and O–H groups in total. The molecule has 0 unspecified atom stereocenters. The molecule has 0 aliphatic rings. The van der Waals surface area contributed by atoms with E-state index in [9.17, 15) is 14.4 Å². The number of carbonyl (C=O) groups excluding carboxylic acids is 2. The summed E-state index contributed by atoms with van der Waals surface area (Å²) in [6.45, 7) is 2.44. The van der Waals surface area contributed by atoms with E-state index in [1.54, 1.807) is 0 Å². The number of rotatable bonds is 21. The molecule has 2 amide bonds. The zero-order chi connectivity index (χ0) is 24.7. The van der Waals surface area contributed by atoms with Crippen molar-refractivity contribution in [1.82, 2.24) is 16.0 Å². The molecule has 0 bridgehead atoms. The van der Waals surface area contributed by atoms with Crippen LogP contribution in [0, 0.1) is 0 Å². The van der Waals surface area contributed by atoms with Crippen LogP contribution in [0.1, 0.15) is 57.8 Å². The third-order valence-electron chi connectivity index (χ3n) is 4.87. The first-order valence-corrected chi connectivity index (χ1v) is 11.8. The van der Waals surface area contributed by atoms with Crippen molar-refractivity contribution in [2.45, 2.75) is 69.9 Å². The van der Waals surface area contributed by atoms with Crippen molar-refractivity contribution >= 4 is 18.2 Å². The van der Waals surface area contributed by atoms with Crippen LogP contribution in [0.2, 0.25) is 0 Å². The van der Waals surface area contributed by atoms with Crippen LogP contribution < -0.4 is 33.2 Å². The molecule has 0 fully saturated rings. The second kappa shape index (κ2) is 21.7. The summed E-state index contributed by atoms with van der Waals surface area (Å²) in [5.74, 6) is -0.176. The number of nitrogens with one attached hydrogen (secondary N) is 3. The number of hydrogen-bond acceptors (Lipinski definition) is 9. The van der Waals surface area contributed by atoms with Crippen molar-refractivity contribution in [3.63, 3.8) is 0 Å². The SMILES string of the molecule is NCCCCCNCC(=O)N[C@@H](CCCCN)COC(=O)N[C@@H](CCCCN)COC(=O)O. The second-order valence-electron chi connectivity index (χ2n) is 7.88. The number of carbonyl (C=O) groups is 3. The van der Waals surface area contributed by atoms with Gasteiger partial charge in [-0.05, 0) is 64.7 Å². The van der Waals surface area contributed by atoms with Gasteiger partial charge in [-0.1, -0.05) is 19.3 Å². The maximum atomic E-state index is 12.2. The van der Waals surface area contributed by atoms with Crippen LogP contribution >= 0.6 is 0 Å². The fourth-order valence-electron chi connectivity index (χ4n) is 3.07. The summed E-state index contributed by atoms with van der Waals surface area (Å²) in [4.78, 5) is 35.1. The normalized spacial score (nSPS) is 12.6. The van der Waals surface area contributed by atoms with E-state index in [1.807, 2.05) is 0 Å². The highest BCUT2D eigenvalue weighted by atomic mass is 16.7. The first-order chi connectivity index (χ1) is 15.9. The highest BCUT2D eigenvalue weighted by Crippen LogP contribution is 2.04. The topological polar surface area (TPSA) is 204 Å². The Kier molecular flexibility index (Phi) is 20.3. The van der Waals surface area contributed by atoms with Gasteiger partial charge in [-0.2, -0.15) is 0 Å². The van der Waals surface area contributed by atoms with Crippen molar-refractivity contribution in [2.24, 2.45) is 17.2 Å². The van der Waals surface area contributed by atoms with E-state index in [0.717, 1.165) is 45.1 Å². The van der Waals surface area contributed by atoms with Crippen LogP contribution in [0.3, 0.4) is 0 Å². The van der Waals surface area contributed by atoms with Crippen molar-refractivity contribution in [3.8, 4) is 0 Å². The average molecular weight is 477 g/mol. The lowest BCUT2D eigenvalue weighted by Crippen LogP contribution is -2.45. The van der Waals surface area contributed by atoms with E-state index in [1.165, 1.54) is 0 Å². The van der Waals surface area contributed by atoms with E-state index >= 15 is 0 Å². The number of hydrogen-bond donors (Lipinski definition) is 7. The van der Waals surface area contributed by atoms with Gasteiger partial charge >= 0.3 is 12.2 Å². The van der Waals surface area contributed by atoms with Gasteiger partial charge in [0, 0.05) is 0 Å². The van der Waals surface area contributed by atoms with Gasteiger partial charge in [0.2, 0.25) is 5.91 Å². The molecule has 2 atom stereocenters. The molecule has 0 aliphatic carbocycles. The lowest BCUT2D eigenvalue weighted by molar-refractivity contribution is -0.121. The van der Waals surface area contributed by atoms with E-state index in [4.69, 9.17) is 27.0 Å². The van der Waals surface area contributed by atoms with Gasteiger partial charge in [0.05, 0.1) is 18.6 Å². The van der Waals surface area contributed by atoms with Gasteiger partial charge in [-0.15, -0.1) is 0 Å². The van der Waals surface area contributed by atoms with Crippen LogP contribution in [0.5, 0.6) is 0 Å². The third kappa shape index (κ3) is 20.2. The lowest BCUT2D eigenvalue weighted by Gasteiger charge is -2.21. The van der Waals surface area contributed by atoms with E-state index in [-0.39, 0.29) is 31.7 Å². The van der Waals surface area contributed by atoms with Gasteiger partial charge in [-0.25, -0.2) is 9.59 Å². The molecule has 0 aromatic heterocycles. The minimum atomic E-state index is -1.41. The predicted octanol–water partition coefficient (Wildman–Crippen LogP) is 0.237. The lowest BCUT2D eigenvalue weighted by atomic mass is 10.1. The number of carboxylic acid groups (broad SMARTS) is 1. The number of amides is 2. The standard InChI is InChI=1S/C21H44N6O6/c22-10-4-1-7-13-25-14-19(28)26-17(8-2-5-11-23)15-32-20(29)27-18(9-3-6-12-24)16-33-21(30)31/h17-18,25H,1-16,22-24H2,(H,26,28)(H,27,29)(H,30,31)/t17-,18-/m0/s1. The maximum absolute atomic E-state index is 12.2. The average Bonchev–Trinajstić information content (AvgIpc) is 2.78. The zero-order valence-corrected chi connectivity index (χ0v) is 19.7. The Balaban J connectivity index is 4.51. The van der Waals surface area contributed by atoms with Crippen LogP contribution in [0.15, 0.2) is 0 Å².